The van der Waals surface area contributed by atoms with Crippen LogP contribution in [0.5, 0.6) is 5.75 Å². The molecule has 6 atom stereocenters. The van der Waals surface area contributed by atoms with E-state index >= 15 is 0 Å². The van der Waals surface area contributed by atoms with Gasteiger partial charge in [-0.3, -0.25) is 37.3 Å². The number of fused-ring (bicyclic) bond motifs is 5. The van der Waals surface area contributed by atoms with Gasteiger partial charge < -0.3 is 40.7 Å². The van der Waals surface area contributed by atoms with Crippen LogP contribution in [0.4, 0.5) is 23.3 Å². The summed E-state index contributed by atoms with van der Waals surface area (Å²) in [6.07, 6.45) is 12.8. The first-order valence-corrected chi connectivity index (χ1v) is 33.0. The van der Waals surface area contributed by atoms with Crippen LogP contribution in [0.1, 0.15) is 130 Å². The lowest BCUT2D eigenvalue weighted by Crippen LogP contribution is -2.45. The van der Waals surface area contributed by atoms with E-state index in [-0.39, 0.29) is 70.8 Å². The number of carbonyl (C=O) groups is 1. The second-order valence-electron chi connectivity index (χ2n) is 23.8. The fourth-order valence-electron chi connectivity index (χ4n) is 12.0. The smallest absolute Gasteiger partial charge is 0.460 e. The average molecular weight is 1240 g/mol. The highest BCUT2D eigenvalue weighted by atomic mass is 32.2. The summed E-state index contributed by atoms with van der Waals surface area (Å²) in [7, 11) is -13.4. The predicted molar refractivity (Wildman–Crippen MR) is 323 cm³/mol. The second kappa shape index (κ2) is 24.4. The number of amides is 1. The largest absolute Gasteiger partial charge is 0.472 e. The molecule has 0 bridgehead atoms. The van der Waals surface area contributed by atoms with Gasteiger partial charge in [-0.15, -0.1) is 0 Å². The van der Waals surface area contributed by atoms with Crippen LogP contribution in [0.2, 0.25) is 0 Å². The lowest BCUT2D eigenvalue weighted by Gasteiger charge is -2.43. The van der Waals surface area contributed by atoms with Gasteiger partial charge in [-0.1, -0.05) is 64.0 Å². The molecular weight excluding hydrogens is 1160 g/mol. The molecule has 0 saturated carbocycles. The normalized spacial score (nSPS) is 24.4. The van der Waals surface area contributed by atoms with Crippen molar-refractivity contribution in [3.8, 4) is 5.75 Å². The number of anilines is 3. The van der Waals surface area contributed by atoms with E-state index in [9.17, 15) is 50.1 Å². The molecule has 2 fully saturated rings. The molecule has 0 aliphatic carbocycles. The first-order chi connectivity index (χ1) is 39.9. The number of imidazole rings is 1. The van der Waals surface area contributed by atoms with Gasteiger partial charge in [0.2, 0.25) is 23.5 Å². The van der Waals surface area contributed by atoms with Crippen molar-refractivity contribution in [3.05, 3.63) is 106 Å². The van der Waals surface area contributed by atoms with Crippen molar-refractivity contribution in [2.45, 2.75) is 147 Å². The number of phosphoric acid groups is 1. The number of aliphatic hydroxyl groups is 1. The molecule has 1 amide bonds. The summed E-state index contributed by atoms with van der Waals surface area (Å²) in [6.45, 7) is 18.3. The van der Waals surface area contributed by atoms with Gasteiger partial charge in [-0.05, 0) is 95.7 Å². The molecule has 2 aromatic carbocycles. The molecule has 7 heterocycles. The molecule has 460 valence electrons. The first-order valence-electron chi connectivity index (χ1n) is 28.5. The molecule has 2 aromatic heterocycles. The third-order valence-corrected chi connectivity index (χ3v) is 18.7. The van der Waals surface area contributed by atoms with E-state index in [1.165, 1.54) is 22.3 Å². The Hall–Kier alpha value is -6.32. The Morgan fingerprint density at radius 1 is 1.00 bits per heavy atom. The van der Waals surface area contributed by atoms with E-state index in [2.05, 4.69) is 103 Å². The number of likely N-dealkylation sites (N-methyl/N-ethyl adjacent to an activating group) is 1. The molecular formula is C58H77N9O15PS2+. The fourth-order valence-corrected chi connectivity index (χ4v) is 13.9. The van der Waals surface area contributed by atoms with E-state index in [1.807, 2.05) is 41.9 Å². The zero-order valence-electron chi connectivity index (χ0n) is 49.0. The summed E-state index contributed by atoms with van der Waals surface area (Å²) in [5.41, 5.74) is 10.9. The van der Waals surface area contributed by atoms with Crippen molar-refractivity contribution >= 4 is 85.3 Å². The van der Waals surface area contributed by atoms with Crippen LogP contribution in [-0.2, 0) is 48.8 Å². The molecule has 27 heteroatoms. The van der Waals surface area contributed by atoms with Gasteiger partial charge in [0.05, 0.1) is 28.2 Å². The molecule has 5 aliphatic rings. The Morgan fingerprint density at radius 3 is 2.45 bits per heavy atom. The van der Waals surface area contributed by atoms with E-state index < -0.39 is 69.3 Å². The van der Waals surface area contributed by atoms with Crippen LogP contribution in [0, 0.1) is 5.41 Å². The molecule has 85 heavy (non-hydrogen) atoms. The number of rotatable bonds is 22. The Kier molecular flexibility index (Phi) is 18.2. The number of phosphoric ester groups is 1. The summed E-state index contributed by atoms with van der Waals surface area (Å²) in [5, 5.41) is 17.4. The highest BCUT2D eigenvalue weighted by Gasteiger charge is 2.54. The maximum Gasteiger partial charge on any atom is 0.472 e. The molecule has 9 N–H and O–H groups in total. The third-order valence-electron chi connectivity index (χ3n) is 16.1. The van der Waals surface area contributed by atoms with Crippen LogP contribution >= 0.6 is 7.82 Å². The quantitative estimate of drug-likeness (QED) is 0.0122. The number of aromatic amines is 1. The zero-order valence-corrected chi connectivity index (χ0v) is 51.5. The van der Waals surface area contributed by atoms with Gasteiger partial charge in [0.25, 0.3) is 25.8 Å². The molecule has 24 nitrogen and oxygen atoms in total. The number of unbranched alkanes of at least 4 members (excludes halogenated alkanes) is 3. The van der Waals surface area contributed by atoms with E-state index in [4.69, 9.17) is 24.3 Å². The number of nitrogens with zero attached hydrogens (tertiary/aromatic N) is 5. The number of hydrogen-bond acceptors (Lipinski definition) is 17. The Bertz CT molecular complexity index is 3820. The Labute approximate surface area is 494 Å². The minimum Gasteiger partial charge on any atom is -0.460 e. The number of nitrogens with one attached hydrogen (secondary N) is 3. The minimum atomic E-state index is -4.64. The fraction of sp³-hybridized carbons (Fsp3) is 0.500. The van der Waals surface area contributed by atoms with Crippen molar-refractivity contribution in [2.24, 2.45) is 5.41 Å². The third kappa shape index (κ3) is 13.8. The summed E-state index contributed by atoms with van der Waals surface area (Å²) in [6, 6.07) is 8.62. The summed E-state index contributed by atoms with van der Waals surface area (Å²) >= 11 is 0. The van der Waals surface area contributed by atoms with E-state index in [0.29, 0.717) is 55.7 Å². The lowest BCUT2D eigenvalue weighted by molar-refractivity contribution is -0.437. The van der Waals surface area contributed by atoms with Crippen molar-refractivity contribution in [3.63, 3.8) is 0 Å². The van der Waals surface area contributed by atoms with Crippen molar-refractivity contribution < 1.29 is 68.4 Å². The SMILES string of the molecule is CCN1c2cc3c(cc2C(C)=CC1(C)C)C(=CC=CC=CC1=[N+](CCCS(=O)(=O)O)c2ccc(S(=O)(=O)O)cc2C1(C)CCCC(=O)NCCCCCCNc1nc2c(=O)[nH]c(N)nc2n1[C@@H]1O[C@@H]2COP(=O)(O)O[C@H]2[C@H]1O)C=C(C(C)(C)C)O3. The molecule has 4 aromatic rings. The Balaban J connectivity index is 0.862. The van der Waals surface area contributed by atoms with Gasteiger partial charge in [-0.25, -0.2) is 9.55 Å². The average Bonchev–Trinajstić information content (AvgIpc) is 1.95. The number of allylic oxidation sites excluding steroid dienone is 9. The number of aromatic nitrogens is 4. The summed E-state index contributed by atoms with van der Waals surface area (Å²) < 4.78 is 107. The highest BCUT2D eigenvalue weighted by molar-refractivity contribution is 7.86. The molecule has 9 rings (SSSR count). The molecule has 0 spiro atoms. The topological polar surface area (TPSA) is 340 Å². The predicted octanol–water partition coefficient (Wildman–Crippen LogP) is 7.86. The standard InChI is InChI=1S/C58H76N9O15PS2/c1-9-66-42-32-43-39(31-38(42)35(2)33-57(66,6)7)36(29-46(80-43)56(3,4)5)19-13-12-14-20-45-58(8,40-30-37(85(76,77)78)22-23-41(40)65(45)27-18-28-84(73,74)75)24-17-21-47(68)60-25-15-10-11-16-26-61-55-62-48-51(63-54(59)64-52(48)70)67(55)53-49(69)50-44(81-53)34-79-83(71,72)82-50/h12-14,19-20,22-23,29-33,44,49-50,53,69H,9-11,15-18,21,24-28,34H2,1-8H3,(H7-,59,60,61,62,63,64,68,70,71,72,73,74,75,76,77,78)/p+1/t44-,49-,50-,53-,58?/m1/s1. The number of aliphatic hydroxyl groups excluding tert-OH is 1. The highest BCUT2D eigenvalue weighted by Crippen LogP contribution is 2.53. The maximum absolute atomic E-state index is 13.4. The summed E-state index contributed by atoms with van der Waals surface area (Å²) in [5.74, 6) is 0.805. The van der Waals surface area contributed by atoms with Crippen molar-refractivity contribution in [1.29, 1.82) is 0 Å². The van der Waals surface area contributed by atoms with Gasteiger partial charge in [0, 0.05) is 78.5 Å². The van der Waals surface area contributed by atoms with Crippen LogP contribution in [0.25, 0.3) is 22.3 Å². The second-order valence-corrected chi connectivity index (χ2v) is 28.2. The first kappa shape index (κ1) is 63.2. The Morgan fingerprint density at radius 2 is 1.74 bits per heavy atom. The number of benzene rings is 2. The van der Waals surface area contributed by atoms with Crippen LogP contribution < -0.4 is 31.6 Å². The van der Waals surface area contributed by atoms with Crippen molar-refractivity contribution in [2.75, 3.05) is 54.5 Å². The van der Waals surface area contributed by atoms with E-state index in [0.717, 1.165) is 53.3 Å². The van der Waals surface area contributed by atoms with Gasteiger partial charge in [0.1, 0.15) is 36.4 Å². The number of nitrogen functional groups attached to an aromatic ring is 1. The zero-order chi connectivity index (χ0) is 61.6. The summed E-state index contributed by atoms with van der Waals surface area (Å²) in [4.78, 5) is 49.2. The number of ether oxygens (including phenoxy) is 2. The number of hydrogen-bond donors (Lipinski definition) is 8. The van der Waals surface area contributed by atoms with Gasteiger partial charge in [-0.2, -0.15) is 26.4 Å². The molecule has 2 saturated heterocycles. The van der Waals surface area contributed by atoms with Crippen molar-refractivity contribution in [1.82, 2.24) is 24.8 Å². The molecule has 2 unspecified atom stereocenters. The van der Waals surface area contributed by atoms with Gasteiger partial charge in [0.15, 0.2) is 23.1 Å². The van der Waals surface area contributed by atoms with Crippen LogP contribution in [0.15, 0.2) is 88.3 Å². The molecule has 5 aliphatic heterocycles. The van der Waals surface area contributed by atoms with Gasteiger partial charge >= 0.3 is 7.82 Å². The minimum absolute atomic E-state index is 0.0111. The monoisotopic (exact) mass is 1230 g/mol. The maximum atomic E-state index is 13.4. The lowest BCUT2D eigenvalue weighted by atomic mass is 9.75. The number of carbonyl (C=O) groups excluding carboxylic acids is 1. The van der Waals surface area contributed by atoms with Crippen LogP contribution in [0.3, 0.4) is 0 Å². The number of H-pyrrole nitrogens is 1. The van der Waals surface area contributed by atoms with Crippen LogP contribution in [-0.4, -0.2) is 134 Å². The number of nitrogens with two attached hydrogens (primary N) is 1. The van der Waals surface area contributed by atoms with E-state index in [1.54, 1.807) is 6.07 Å². The molecule has 0 radical (unpaired) electrons.